The number of hydrogen-bond acceptors (Lipinski definition) is 3. The molecule has 4 nitrogen and oxygen atoms in total. The van der Waals surface area contributed by atoms with Crippen LogP contribution in [0.25, 0.3) is 0 Å². The summed E-state index contributed by atoms with van der Waals surface area (Å²) in [5.41, 5.74) is 7.26. The maximum Gasteiger partial charge on any atom is 0.220 e. The molecule has 0 aliphatic carbocycles. The molecule has 0 bridgehead atoms. The van der Waals surface area contributed by atoms with Gasteiger partial charge < -0.3 is 16.2 Å². The lowest BCUT2D eigenvalue weighted by atomic mass is 10.0. The lowest BCUT2D eigenvalue weighted by Gasteiger charge is -2.17. The summed E-state index contributed by atoms with van der Waals surface area (Å²) >= 11 is 0. The molecule has 3 atom stereocenters. The number of carbonyl (C=O) groups excluding carboxylic acids is 1. The van der Waals surface area contributed by atoms with Crippen molar-refractivity contribution in [3.63, 3.8) is 0 Å². The molecule has 0 fully saturated rings. The Balaban J connectivity index is 0.000000240. The maximum absolute atomic E-state index is 10.7. The fourth-order valence-electron chi connectivity index (χ4n) is 2.16. The fraction of sp³-hybridized carbons (Fsp3) is 0.350. The average Bonchev–Trinajstić information content (AvgIpc) is 2.62. The van der Waals surface area contributed by atoms with Crippen LogP contribution in [0.2, 0.25) is 0 Å². The summed E-state index contributed by atoms with van der Waals surface area (Å²) < 4.78 is 0. The molecule has 0 aliphatic heterocycles. The minimum atomic E-state index is -0.420. The number of amides is 1. The van der Waals surface area contributed by atoms with Crippen LogP contribution in [0.5, 0.6) is 0 Å². The zero-order valence-electron chi connectivity index (χ0n) is 14.6. The van der Waals surface area contributed by atoms with Crippen molar-refractivity contribution in [3.8, 4) is 0 Å². The normalized spacial score (nSPS) is 14.0. The van der Waals surface area contributed by atoms with Crippen molar-refractivity contribution in [2.24, 2.45) is 11.7 Å². The molecule has 2 aromatic rings. The van der Waals surface area contributed by atoms with E-state index in [-0.39, 0.29) is 17.9 Å². The number of nitrogens with one attached hydrogen (secondary N) is 1. The molecule has 2 aromatic carbocycles. The molecular formula is C20H28N2O2. The quantitative estimate of drug-likeness (QED) is 0.763. The zero-order valence-corrected chi connectivity index (χ0v) is 14.6. The van der Waals surface area contributed by atoms with E-state index in [0.29, 0.717) is 0 Å². The van der Waals surface area contributed by atoms with E-state index in [0.717, 1.165) is 17.5 Å². The van der Waals surface area contributed by atoms with Gasteiger partial charge in [0.05, 0.1) is 6.10 Å². The SMILES string of the molecule is CN[C@@H](C)[C@@H](O)c1ccccc1.C[C@H](Cc1ccccc1)C(N)=O. The Morgan fingerprint density at radius 3 is 2.00 bits per heavy atom. The summed E-state index contributed by atoms with van der Waals surface area (Å²) in [7, 11) is 1.84. The summed E-state index contributed by atoms with van der Waals surface area (Å²) in [6.07, 6.45) is 0.312. The second-order valence-electron chi connectivity index (χ2n) is 5.93. The van der Waals surface area contributed by atoms with Crippen LogP contribution in [0.4, 0.5) is 0 Å². The van der Waals surface area contributed by atoms with E-state index in [1.165, 1.54) is 0 Å². The number of hydrogen-bond donors (Lipinski definition) is 3. The molecule has 0 unspecified atom stereocenters. The molecule has 0 heterocycles. The molecule has 24 heavy (non-hydrogen) atoms. The molecule has 2 rings (SSSR count). The lowest BCUT2D eigenvalue weighted by molar-refractivity contribution is -0.121. The summed E-state index contributed by atoms with van der Waals surface area (Å²) in [5, 5.41) is 12.7. The van der Waals surface area contributed by atoms with E-state index in [1.54, 1.807) is 0 Å². The van der Waals surface area contributed by atoms with Crippen LogP contribution in [0.1, 0.15) is 31.1 Å². The smallest absolute Gasteiger partial charge is 0.220 e. The van der Waals surface area contributed by atoms with E-state index < -0.39 is 6.10 Å². The number of aliphatic hydroxyl groups is 1. The van der Waals surface area contributed by atoms with E-state index in [9.17, 15) is 9.90 Å². The lowest BCUT2D eigenvalue weighted by Crippen LogP contribution is -2.28. The van der Waals surface area contributed by atoms with Crippen molar-refractivity contribution in [2.75, 3.05) is 7.05 Å². The highest BCUT2D eigenvalue weighted by atomic mass is 16.3. The molecule has 0 aliphatic rings. The summed E-state index contributed by atoms with van der Waals surface area (Å²) in [5.74, 6) is -0.314. The average molecular weight is 328 g/mol. The van der Waals surface area contributed by atoms with Gasteiger partial charge in [-0.1, -0.05) is 67.6 Å². The number of primary amides is 1. The molecule has 0 aromatic heterocycles. The van der Waals surface area contributed by atoms with Gasteiger partial charge >= 0.3 is 0 Å². The van der Waals surface area contributed by atoms with Gasteiger partial charge in [0.2, 0.25) is 5.91 Å². The van der Waals surface area contributed by atoms with Crippen molar-refractivity contribution in [1.29, 1.82) is 0 Å². The fourth-order valence-corrected chi connectivity index (χ4v) is 2.16. The van der Waals surface area contributed by atoms with Gasteiger partial charge in [0.25, 0.3) is 0 Å². The van der Waals surface area contributed by atoms with Crippen LogP contribution in [0.3, 0.4) is 0 Å². The number of carbonyl (C=O) groups is 1. The molecular weight excluding hydrogens is 300 g/mol. The van der Waals surface area contributed by atoms with Crippen LogP contribution in [-0.2, 0) is 11.2 Å². The van der Waals surface area contributed by atoms with Crippen LogP contribution in [0, 0.1) is 5.92 Å². The second kappa shape index (κ2) is 10.6. The molecule has 0 saturated carbocycles. The number of benzene rings is 2. The first-order chi connectivity index (χ1) is 11.5. The standard InChI is InChI=1S/C10H15NO.C10H13NO/c1-8(11-2)10(12)9-6-4-3-5-7-9;1-8(10(11)12)7-9-5-3-2-4-6-9/h3-8,10-12H,1-2H3;2-6,8H,7H2,1H3,(H2,11,12)/t8-,10+;8-/m01/s1. The zero-order chi connectivity index (χ0) is 17.9. The van der Waals surface area contributed by atoms with Gasteiger partial charge in [-0.2, -0.15) is 0 Å². The van der Waals surface area contributed by atoms with Gasteiger partial charge in [-0.15, -0.1) is 0 Å². The highest BCUT2D eigenvalue weighted by molar-refractivity contribution is 5.76. The third-order valence-corrected chi connectivity index (χ3v) is 3.94. The van der Waals surface area contributed by atoms with E-state index in [2.05, 4.69) is 5.32 Å². The maximum atomic E-state index is 10.7. The molecule has 0 radical (unpaired) electrons. The van der Waals surface area contributed by atoms with E-state index in [1.807, 2.05) is 81.6 Å². The summed E-state index contributed by atoms with van der Waals surface area (Å²) in [6.45, 7) is 3.80. The number of aliphatic hydroxyl groups excluding tert-OH is 1. The van der Waals surface area contributed by atoms with Gasteiger partial charge in [-0.05, 0) is 31.5 Å². The Bertz CT molecular complexity index is 587. The van der Waals surface area contributed by atoms with Crippen molar-refractivity contribution in [1.82, 2.24) is 5.32 Å². The molecule has 1 amide bonds. The van der Waals surface area contributed by atoms with E-state index in [4.69, 9.17) is 5.73 Å². The molecule has 0 spiro atoms. The molecule has 4 heteroatoms. The van der Waals surface area contributed by atoms with Crippen LogP contribution in [0.15, 0.2) is 60.7 Å². The largest absolute Gasteiger partial charge is 0.387 e. The topological polar surface area (TPSA) is 75.3 Å². The number of nitrogens with two attached hydrogens (primary N) is 1. The van der Waals surface area contributed by atoms with Gasteiger partial charge in [0.15, 0.2) is 0 Å². The van der Waals surface area contributed by atoms with Crippen LogP contribution < -0.4 is 11.1 Å². The number of likely N-dealkylation sites (N-methyl/N-ethyl adjacent to an activating group) is 1. The first-order valence-electron chi connectivity index (χ1n) is 8.19. The van der Waals surface area contributed by atoms with Gasteiger partial charge in [0, 0.05) is 12.0 Å². The summed E-state index contributed by atoms with van der Waals surface area (Å²) in [4.78, 5) is 10.7. The van der Waals surface area contributed by atoms with Crippen molar-refractivity contribution < 1.29 is 9.90 Å². The summed E-state index contributed by atoms with van der Waals surface area (Å²) in [6, 6.07) is 19.6. The second-order valence-corrected chi connectivity index (χ2v) is 5.93. The predicted molar refractivity (Wildman–Crippen MR) is 98.4 cm³/mol. The van der Waals surface area contributed by atoms with Gasteiger partial charge in [-0.25, -0.2) is 0 Å². The Hall–Kier alpha value is -2.17. The molecule has 4 N–H and O–H groups in total. The minimum Gasteiger partial charge on any atom is -0.387 e. The van der Waals surface area contributed by atoms with Crippen molar-refractivity contribution >= 4 is 5.91 Å². The van der Waals surface area contributed by atoms with Gasteiger partial charge in [0.1, 0.15) is 0 Å². The van der Waals surface area contributed by atoms with Crippen LogP contribution >= 0.6 is 0 Å². The Morgan fingerprint density at radius 1 is 1.04 bits per heavy atom. The van der Waals surface area contributed by atoms with Crippen LogP contribution in [-0.4, -0.2) is 24.1 Å². The highest BCUT2D eigenvalue weighted by Crippen LogP contribution is 2.15. The Kier molecular flexibility index (Phi) is 8.76. The highest BCUT2D eigenvalue weighted by Gasteiger charge is 2.13. The minimum absolute atomic E-state index is 0.0765. The third kappa shape index (κ3) is 6.94. The molecule has 0 saturated heterocycles. The first-order valence-corrected chi connectivity index (χ1v) is 8.19. The predicted octanol–water partition coefficient (Wildman–Crippen LogP) is 2.68. The van der Waals surface area contributed by atoms with Crippen molar-refractivity contribution in [2.45, 2.75) is 32.4 Å². The first kappa shape index (κ1) is 19.9. The number of rotatable bonds is 6. The third-order valence-electron chi connectivity index (χ3n) is 3.94. The van der Waals surface area contributed by atoms with E-state index >= 15 is 0 Å². The monoisotopic (exact) mass is 328 g/mol. The Labute approximate surface area is 144 Å². The van der Waals surface area contributed by atoms with Gasteiger partial charge in [-0.3, -0.25) is 4.79 Å². The Morgan fingerprint density at radius 2 is 1.54 bits per heavy atom. The molecule has 130 valence electrons. The van der Waals surface area contributed by atoms with Crippen molar-refractivity contribution in [3.05, 3.63) is 71.8 Å².